The number of rotatable bonds is 0. The van der Waals surface area contributed by atoms with E-state index in [4.69, 9.17) is 13.9 Å². The minimum atomic E-state index is -0.750. The van der Waals surface area contributed by atoms with E-state index in [-0.39, 0.29) is 37.7 Å². The molecule has 0 amide bonds. The van der Waals surface area contributed by atoms with Gasteiger partial charge < -0.3 is 26.2 Å². The van der Waals surface area contributed by atoms with Crippen molar-refractivity contribution in [1.29, 1.82) is 0 Å². The second-order valence-corrected chi connectivity index (χ2v) is 0.204. The van der Waals surface area contributed by atoms with E-state index < -0.39 is 12.3 Å². The van der Waals surface area contributed by atoms with Crippen molar-refractivity contribution in [2.24, 2.45) is 0 Å². The summed E-state index contributed by atoms with van der Waals surface area (Å²) < 4.78 is 16.6. The third-order valence-electron chi connectivity index (χ3n) is 0. The van der Waals surface area contributed by atoms with Gasteiger partial charge in [-0.05, 0) is 0 Å². The molecule has 32 valence electrons. The molecule has 0 aromatic rings. The molecule has 0 bridgehead atoms. The Labute approximate surface area is 70.2 Å². The summed E-state index contributed by atoms with van der Waals surface area (Å²) in [6.45, 7) is 2.00. The molecule has 0 rings (SSSR count). The largest absolute Gasteiger partial charge is 2.00 e. The van der Waals surface area contributed by atoms with Crippen molar-refractivity contribution in [3.63, 3.8) is 0 Å². The van der Waals surface area contributed by atoms with Gasteiger partial charge in [-0.2, -0.15) is 0 Å². The molecule has 0 fully saturated rings. The normalized spacial score (nSPS) is 3.67. The molecule has 0 saturated carbocycles. The summed E-state index contributed by atoms with van der Waals surface area (Å²) >= 11 is -0.750. The Balaban J connectivity index is -0.0000000275. The summed E-state index contributed by atoms with van der Waals surface area (Å²) in [5, 5.41) is 0. The molecular formula is CH2CaO3S. The summed E-state index contributed by atoms with van der Waals surface area (Å²) in [6, 6.07) is 0. The fourth-order valence-corrected chi connectivity index (χ4v) is 0. The second-order valence-electron chi connectivity index (χ2n) is 0.0680. The third-order valence-corrected chi connectivity index (χ3v) is 0. The molecule has 0 aliphatic heterocycles. The van der Waals surface area contributed by atoms with Gasteiger partial charge in [0.15, 0.2) is 0 Å². The third kappa shape index (κ3) is 63.7. The predicted octanol–water partition coefficient (Wildman–Crippen LogP) is -0.585. The van der Waals surface area contributed by atoms with Crippen LogP contribution in [0.25, 0.3) is 0 Å². The van der Waals surface area contributed by atoms with Gasteiger partial charge in [-0.25, -0.2) is 0 Å². The first-order chi connectivity index (χ1) is 2.41. The van der Waals surface area contributed by atoms with E-state index >= 15 is 0 Å². The van der Waals surface area contributed by atoms with Crippen LogP contribution in [-0.2, 0) is 4.79 Å². The molecule has 0 aromatic heterocycles. The topological polar surface area (TPSA) is 63.2 Å². The maximum atomic E-state index is 8.29. The van der Waals surface area contributed by atoms with Crippen molar-refractivity contribution in [1.82, 2.24) is 0 Å². The average molecular weight is 134 g/mol. The van der Waals surface area contributed by atoms with Crippen LogP contribution in [0, 0.1) is 0 Å². The first-order valence-electron chi connectivity index (χ1n) is 0.622. The van der Waals surface area contributed by atoms with Crippen molar-refractivity contribution >= 4 is 56.9 Å². The Morgan fingerprint density at radius 2 is 1.33 bits per heavy atom. The molecule has 0 N–H and O–H groups in total. The van der Waals surface area contributed by atoms with Gasteiger partial charge in [0.2, 0.25) is 0 Å². The van der Waals surface area contributed by atoms with Gasteiger partial charge in [0.1, 0.15) is 6.79 Å². The van der Waals surface area contributed by atoms with Crippen LogP contribution in [0.4, 0.5) is 0 Å². The Morgan fingerprint density at radius 3 is 1.33 bits per heavy atom. The van der Waals surface area contributed by atoms with E-state index in [9.17, 15) is 0 Å². The van der Waals surface area contributed by atoms with Gasteiger partial charge >= 0.3 is 37.7 Å². The molecule has 5 heteroatoms. The van der Waals surface area contributed by atoms with Crippen LogP contribution in [0.15, 0.2) is 0 Å². The number of carbonyl (C=O) groups excluding carboxylic acids is 1. The van der Waals surface area contributed by atoms with Gasteiger partial charge in [0.05, 0.1) is 0 Å². The van der Waals surface area contributed by atoms with Crippen molar-refractivity contribution in [2.45, 2.75) is 0 Å². The van der Waals surface area contributed by atoms with Crippen molar-refractivity contribution < 1.29 is 13.9 Å². The van der Waals surface area contributed by atoms with Gasteiger partial charge in [0, 0.05) is 0 Å². The summed E-state index contributed by atoms with van der Waals surface area (Å²) in [6.07, 6.45) is 0. The van der Waals surface area contributed by atoms with Crippen LogP contribution in [0.2, 0.25) is 0 Å². The molecule has 0 aliphatic carbocycles. The minimum absolute atomic E-state index is 0. The Morgan fingerprint density at radius 1 is 1.33 bits per heavy atom. The quantitative estimate of drug-likeness (QED) is 0.328. The Hall–Kier alpha value is 1.20. The minimum Gasteiger partial charge on any atom is -0.811 e. The van der Waals surface area contributed by atoms with Crippen LogP contribution >= 0.6 is 12.3 Å². The average Bonchev–Trinajstić information content (AvgIpc) is 1.46. The van der Waals surface area contributed by atoms with Crippen LogP contribution < -0.4 is 0 Å². The molecule has 0 spiro atoms. The van der Waals surface area contributed by atoms with E-state index in [2.05, 4.69) is 0 Å². The fraction of sp³-hybridized carbons (Fsp3) is 0. The van der Waals surface area contributed by atoms with E-state index in [0.29, 0.717) is 0 Å². The first-order valence-corrected chi connectivity index (χ1v) is 1.29. The zero-order valence-electron chi connectivity index (χ0n) is 3.05. The molecule has 0 aromatic carbocycles. The monoisotopic (exact) mass is 134 g/mol. The van der Waals surface area contributed by atoms with Crippen molar-refractivity contribution in [2.75, 3.05) is 0 Å². The molecule has 6 heavy (non-hydrogen) atoms. The number of hydrogen-bond donors (Lipinski definition) is 0. The van der Waals surface area contributed by atoms with Gasteiger partial charge in [0.25, 0.3) is 0 Å². The van der Waals surface area contributed by atoms with Gasteiger partial charge in [-0.1, -0.05) is 0 Å². The van der Waals surface area contributed by atoms with Crippen LogP contribution in [0.3, 0.4) is 0 Å². The van der Waals surface area contributed by atoms with Crippen LogP contribution in [-0.4, -0.2) is 53.6 Å². The zero-order valence-corrected chi connectivity index (χ0v) is 6.07. The summed E-state index contributed by atoms with van der Waals surface area (Å²) in [7, 11) is 0. The van der Waals surface area contributed by atoms with Crippen molar-refractivity contribution in [3.8, 4) is 0 Å². The second kappa shape index (κ2) is 34.6. The summed E-state index contributed by atoms with van der Waals surface area (Å²) in [4.78, 5) is 8.00. The molecule has 0 atom stereocenters. The standard InChI is InChI=1S/CH2O.Ca.H2O2S/c1-2;;1-3-2/h1H2;;1-2H/q;+2;/p-2. The fourth-order valence-electron chi connectivity index (χ4n) is 0. The van der Waals surface area contributed by atoms with Gasteiger partial charge in [-0.3, -0.25) is 0 Å². The first kappa shape index (κ1) is 15.7. The Kier molecular flexibility index (Phi) is 90.6. The molecule has 0 aliphatic rings. The van der Waals surface area contributed by atoms with Gasteiger partial charge in [-0.15, -0.1) is 0 Å². The van der Waals surface area contributed by atoms with E-state index in [1.807, 2.05) is 6.79 Å². The van der Waals surface area contributed by atoms with Crippen LogP contribution in [0.1, 0.15) is 0 Å². The van der Waals surface area contributed by atoms with E-state index in [1.54, 1.807) is 0 Å². The maximum Gasteiger partial charge on any atom is 2.00 e. The molecule has 0 saturated heterocycles. The smallest absolute Gasteiger partial charge is 0.811 e. The molecule has 0 heterocycles. The number of carbonyl (C=O) groups is 1. The predicted molar refractivity (Wildman–Crippen MR) is 22.0 cm³/mol. The van der Waals surface area contributed by atoms with Crippen molar-refractivity contribution in [3.05, 3.63) is 0 Å². The molecule has 3 nitrogen and oxygen atoms in total. The van der Waals surface area contributed by atoms with E-state index in [1.165, 1.54) is 0 Å². The molecule has 0 unspecified atom stereocenters. The maximum absolute atomic E-state index is 8.29. The summed E-state index contributed by atoms with van der Waals surface area (Å²) in [5.41, 5.74) is 0. The SMILES string of the molecule is C=O.[Ca+2].[O-]S[O-]. The summed E-state index contributed by atoms with van der Waals surface area (Å²) in [5.74, 6) is 0. The zero-order chi connectivity index (χ0) is 4.71. The Bertz CT molecular complexity index is 14.8. The molecular weight excluding hydrogens is 132 g/mol. The number of hydrogen-bond acceptors (Lipinski definition) is 4. The van der Waals surface area contributed by atoms with Crippen LogP contribution in [0.5, 0.6) is 0 Å². The molecule has 0 radical (unpaired) electrons. The van der Waals surface area contributed by atoms with E-state index in [0.717, 1.165) is 0 Å².